The predicted octanol–water partition coefficient (Wildman–Crippen LogP) is 5.32. The van der Waals surface area contributed by atoms with E-state index in [0.29, 0.717) is 23.6 Å². The molecule has 0 aliphatic rings. The summed E-state index contributed by atoms with van der Waals surface area (Å²) < 4.78 is 5.88. The number of aliphatic carboxylic acids is 2. The molecule has 58 heavy (non-hydrogen) atoms. The van der Waals surface area contributed by atoms with Crippen molar-refractivity contribution in [2.24, 2.45) is 0 Å². The summed E-state index contributed by atoms with van der Waals surface area (Å²) in [6, 6.07) is 17.0. The van der Waals surface area contributed by atoms with Crippen molar-refractivity contribution in [3.63, 3.8) is 0 Å². The standard InChI is InChI=1S/C44H53N5O9/c1-5-6-7-8-9-22-58-34-20-16-29(17-21-34)32-25-45-39(46-26-32)30-12-10-28(11-13-30)23-35(48-40(52)31-14-18-33(19-15-31)44(2,3)4)41(53)49-36(42(54)55)24-38(51)47-37(27-50)43(56)57/h10-21,25-26,35-37,50H,5-9,22-24,27H2,1-4H3,(H,47,51)(H,48,52)(H,49,53)(H,54,55)(H,56,57)/t35-,36-,37-/m0/s1. The van der Waals surface area contributed by atoms with E-state index in [1.54, 1.807) is 48.8 Å². The molecule has 0 unspecified atom stereocenters. The van der Waals surface area contributed by atoms with Crippen molar-refractivity contribution in [1.29, 1.82) is 0 Å². The van der Waals surface area contributed by atoms with Crippen LogP contribution < -0.4 is 20.7 Å². The normalized spacial score (nSPS) is 12.8. The Hall–Kier alpha value is -6.15. The number of benzene rings is 3. The monoisotopic (exact) mass is 795 g/mol. The van der Waals surface area contributed by atoms with Crippen molar-refractivity contribution in [2.75, 3.05) is 13.2 Å². The van der Waals surface area contributed by atoms with E-state index >= 15 is 0 Å². The molecule has 0 saturated carbocycles. The van der Waals surface area contributed by atoms with E-state index in [-0.39, 0.29) is 17.4 Å². The number of nitrogens with one attached hydrogen (secondary N) is 3. The fraction of sp³-hybridized carbons (Fsp3) is 0.386. The van der Waals surface area contributed by atoms with Gasteiger partial charge in [-0.05, 0) is 52.8 Å². The van der Waals surface area contributed by atoms with E-state index in [4.69, 9.17) is 9.84 Å². The van der Waals surface area contributed by atoms with E-state index in [1.165, 1.54) is 19.3 Å². The number of hydrogen-bond acceptors (Lipinski definition) is 9. The van der Waals surface area contributed by atoms with Gasteiger partial charge in [0.15, 0.2) is 5.82 Å². The number of amides is 3. The first-order valence-corrected chi connectivity index (χ1v) is 19.4. The number of unbranched alkanes of at least 4 members (excludes halogenated alkanes) is 4. The molecule has 308 valence electrons. The summed E-state index contributed by atoms with van der Waals surface area (Å²) >= 11 is 0. The summed E-state index contributed by atoms with van der Waals surface area (Å²) in [5.41, 5.74) is 4.19. The Morgan fingerprint density at radius 3 is 1.86 bits per heavy atom. The Labute approximate surface area is 338 Å². The largest absolute Gasteiger partial charge is 0.494 e. The summed E-state index contributed by atoms with van der Waals surface area (Å²) in [4.78, 5) is 72.0. The fourth-order valence-corrected chi connectivity index (χ4v) is 5.96. The second-order valence-electron chi connectivity index (χ2n) is 15.1. The highest BCUT2D eigenvalue weighted by atomic mass is 16.5. The highest BCUT2D eigenvalue weighted by molar-refractivity contribution is 5.98. The molecule has 0 aliphatic heterocycles. The second kappa shape index (κ2) is 21.4. The van der Waals surface area contributed by atoms with Crippen LogP contribution in [0.2, 0.25) is 0 Å². The SMILES string of the molecule is CCCCCCCOc1ccc(-c2cnc(-c3ccc(C[C@H](NC(=O)c4ccc(C(C)(C)C)cc4)C(=O)N[C@@H](CC(=O)N[C@@H](CO)C(=O)O)C(=O)O)cc3)nc2)cc1. The third-order valence-electron chi connectivity index (χ3n) is 9.46. The first-order chi connectivity index (χ1) is 27.7. The van der Waals surface area contributed by atoms with Crippen LogP contribution in [0.4, 0.5) is 0 Å². The van der Waals surface area contributed by atoms with Crippen LogP contribution in [0.1, 0.15) is 87.7 Å². The molecule has 4 aromatic rings. The van der Waals surface area contributed by atoms with Crippen molar-refractivity contribution in [3.8, 4) is 28.3 Å². The van der Waals surface area contributed by atoms with E-state index in [0.717, 1.165) is 35.3 Å². The number of hydrogen-bond donors (Lipinski definition) is 6. The van der Waals surface area contributed by atoms with E-state index < -0.39 is 60.8 Å². The topological polar surface area (TPSA) is 217 Å². The molecule has 0 radical (unpaired) electrons. The lowest BCUT2D eigenvalue weighted by Crippen LogP contribution is -2.54. The Kier molecular flexibility index (Phi) is 16.4. The van der Waals surface area contributed by atoms with Crippen molar-refractivity contribution >= 4 is 29.7 Å². The van der Waals surface area contributed by atoms with Gasteiger partial charge in [-0.25, -0.2) is 19.6 Å². The summed E-state index contributed by atoms with van der Waals surface area (Å²) in [6.45, 7) is 8.06. The molecule has 1 heterocycles. The van der Waals surface area contributed by atoms with Gasteiger partial charge in [0.05, 0.1) is 19.6 Å². The molecule has 6 N–H and O–H groups in total. The van der Waals surface area contributed by atoms with Crippen LogP contribution in [-0.4, -0.2) is 86.3 Å². The minimum Gasteiger partial charge on any atom is -0.494 e. The fourth-order valence-electron chi connectivity index (χ4n) is 5.96. The molecule has 0 bridgehead atoms. The number of carbonyl (C=O) groups is 5. The van der Waals surface area contributed by atoms with Gasteiger partial charge in [0, 0.05) is 35.5 Å². The number of rotatable bonds is 21. The van der Waals surface area contributed by atoms with Gasteiger partial charge in [-0.1, -0.05) is 102 Å². The van der Waals surface area contributed by atoms with E-state index in [1.807, 2.05) is 62.5 Å². The molecule has 3 amide bonds. The van der Waals surface area contributed by atoms with Gasteiger partial charge < -0.3 is 36.0 Å². The van der Waals surface area contributed by atoms with Crippen molar-refractivity contribution < 1.29 is 44.0 Å². The zero-order chi connectivity index (χ0) is 42.2. The summed E-state index contributed by atoms with van der Waals surface area (Å²) in [7, 11) is 0. The van der Waals surface area contributed by atoms with Crippen LogP contribution in [-0.2, 0) is 31.0 Å². The molecule has 14 heteroatoms. The van der Waals surface area contributed by atoms with Gasteiger partial charge in [-0.15, -0.1) is 0 Å². The molecule has 0 saturated heterocycles. The highest BCUT2D eigenvalue weighted by Gasteiger charge is 2.30. The Bertz CT molecular complexity index is 1980. The zero-order valence-corrected chi connectivity index (χ0v) is 33.4. The molecule has 4 rings (SSSR count). The number of ether oxygens (including phenoxy) is 1. The lowest BCUT2D eigenvalue weighted by molar-refractivity contribution is -0.145. The zero-order valence-electron chi connectivity index (χ0n) is 33.4. The van der Waals surface area contributed by atoms with Gasteiger partial charge in [-0.2, -0.15) is 0 Å². The van der Waals surface area contributed by atoms with Crippen molar-refractivity contribution in [3.05, 3.63) is 102 Å². The van der Waals surface area contributed by atoms with Crippen LogP contribution >= 0.6 is 0 Å². The molecule has 0 aliphatic carbocycles. The highest BCUT2D eigenvalue weighted by Crippen LogP contribution is 2.25. The summed E-state index contributed by atoms with van der Waals surface area (Å²) in [5, 5.41) is 35.2. The lowest BCUT2D eigenvalue weighted by Gasteiger charge is -2.22. The Morgan fingerprint density at radius 2 is 1.29 bits per heavy atom. The third kappa shape index (κ3) is 13.5. The first kappa shape index (κ1) is 44.6. The second-order valence-corrected chi connectivity index (χ2v) is 15.1. The maximum atomic E-state index is 13.6. The van der Waals surface area contributed by atoms with Gasteiger partial charge >= 0.3 is 11.9 Å². The number of aliphatic hydroxyl groups is 1. The lowest BCUT2D eigenvalue weighted by atomic mass is 9.86. The van der Waals surface area contributed by atoms with E-state index in [9.17, 15) is 34.2 Å². The molecule has 3 aromatic carbocycles. The molecule has 14 nitrogen and oxygen atoms in total. The average molecular weight is 796 g/mol. The number of carboxylic acid groups (broad SMARTS) is 2. The summed E-state index contributed by atoms with van der Waals surface area (Å²) in [5.74, 6) is -4.30. The molecule has 1 aromatic heterocycles. The van der Waals surface area contributed by atoms with Crippen LogP contribution in [0.3, 0.4) is 0 Å². The quantitative estimate of drug-likeness (QED) is 0.0594. The number of nitrogens with zero attached hydrogens (tertiary/aromatic N) is 2. The van der Waals surface area contributed by atoms with Gasteiger partial charge in [-0.3, -0.25) is 14.4 Å². The molecular formula is C44H53N5O9. The Morgan fingerprint density at radius 1 is 0.690 bits per heavy atom. The first-order valence-electron chi connectivity index (χ1n) is 19.4. The number of carbonyl (C=O) groups excluding carboxylic acids is 3. The van der Waals surface area contributed by atoms with Gasteiger partial charge in [0.2, 0.25) is 11.8 Å². The van der Waals surface area contributed by atoms with Gasteiger partial charge in [0.25, 0.3) is 5.91 Å². The smallest absolute Gasteiger partial charge is 0.328 e. The van der Waals surface area contributed by atoms with Crippen molar-refractivity contribution in [1.82, 2.24) is 25.9 Å². The number of aliphatic hydroxyl groups excluding tert-OH is 1. The van der Waals surface area contributed by atoms with Gasteiger partial charge in [0.1, 0.15) is 23.9 Å². The predicted molar refractivity (Wildman–Crippen MR) is 218 cm³/mol. The number of carboxylic acids is 2. The average Bonchev–Trinajstić information content (AvgIpc) is 3.20. The van der Waals surface area contributed by atoms with Crippen LogP contribution in [0.25, 0.3) is 22.5 Å². The molecule has 0 fully saturated rings. The molecule has 3 atom stereocenters. The summed E-state index contributed by atoms with van der Waals surface area (Å²) in [6.07, 6.45) is 8.44. The van der Waals surface area contributed by atoms with Crippen molar-refractivity contribution in [2.45, 2.75) is 96.2 Å². The third-order valence-corrected chi connectivity index (χ3v) is 9.46. The van der Waals surface area contributed by atoms with Crippen LogP contribution in [0, 0.1) is 0 Å². The van der Waals surface area contributed by atoms with Crippen LogP contribution in [0.5, 0.6) is 5.75 Å². The van der Waals surface area contributed by atoms with E-state index in [2.05, 4.69) is 27.5 Å². The molecule has 0 spiro atoms. The van der Waals surface area contributed by atoms with Crippen LogP contribution in [0.15, 0.2) is 85.2 Å². The maximum Gasteiger partial charge on any atom is 0.328 e. The maximum absolute atomic E-state index is 13.6. The minimum absolute atomic E-state index is 0.0551. The Balaban J connectivity index is 1.46. The minimum atomic E-state index is -1.77. The molecular weight excluding hydrogens is 743 g/mol. The number of aromatic nitrogens is 2.